The van der Waals surface area contributed by atoms with E-state index in [1.54, 1.807) is 0 Å². The third-order valence-corrected chi connectivity index (χ3v) is 4.66. The van der Waals surface area contributed by atoms with Crippen molar-refractivity contribution in [2.75, 3.05) is 0 Å². The SMILES string of the molecule is CCC(C)CC(C)N1C(=O)C2(CC2)NC1C(C)C. The molecule has 18 heavy (non-hydrogen) atoms. The van der Waals surface area contributed by atoms with Gasteiger partial charge in [0.25, 0.3) is 0 Å². The van der Waals surface area contributed by atoms with Crippen LogP contribution in [0.4, 0.5) is 0 Å². The summed E-state index contributed by atoms with van der Waals surface area (Å²) in [4.78, 5) is 14.7. The molecule has 0 aromatic carbocycles. The maximum absolute atomic E-state index is 12.6. The van der Waals surface area contributed by atoms with Crippen molar-refractivity contribution < 1.29 is 4.79 Å². The fourth-order valence-corrected chi connectivity index (χ4v) is 3.10. The van der Waals surface area contributed by atoms with Gasteiger partial charge in [-0.25, -0.2) is 0 Å². The summed E-state index contributed by atoms with van der Waals surface area (Å²) in [6.07, 6.45) is 4.60. The van der Waals surface area contributed by atoms with Gasteiger partial charge in [-0.1, -0.05) is 34.1 Å². The van der Waals surface area contributed by atoms with Gasteiger partial charge < -0.3 is 4.90 Å². The first-order chi connectivity index (χ1) is 8.41. The third kappa shape index (κ3) is 2.29. The van der Waals surface area contributed by atoms with E-state index in [4.69, 9.17) is 0 Å². The van der Waals surface area contributed by atoms with Crippen LogP contribution in [0.5, 0.6) is 0 Å². The number of hydrogen-bond donors (Lipinski definition) is 1. The quantitative estimate of drug-likeness (QED) is 0.816. The van der Waals surface area contributed by atoms with Crippen molar-refractivity contribution >= 4 is 5.91 Å². The fraction of sp³-hybridized carbons (Fsp3) is 0.933. The van der Waals surface area contributed by atoms with E-state index in [1.807, 2.05) is 0 Å². The van der Waals surface area contributed by atoms with Crippen LogP contribution in [-0.4, -0.2) is 28.6 Å². The lowest BCUT2D eigenvalue weighted by Crippen LogP contribution is -2.46. The van der Waals surface area contributed by atoms with E-state index in [0.717, 1.165) is 19.3 Å². The van der Waals surface area contributed by atoms with Gasteiger partial charge in [-0.2, -0.15) is 0 Å². The molecule has 2 rings (SSSR count). The highest BCUT2D eigenvalue weighted by molar-refractivity contribution is 5.92. The summed E-state index contributed by atoms with van der Waals surface area (Å²) in [5.41, 5.74) is -0.168. The molecular formula is C15H28N2O. The summed E-state index contributed by atoms with van der Waals surface area (Å²) in [7, 11) is 0. The van der Waals surface area contributed by atoms with Gasteiger partial charge in [0.15, 0.2) is 0 Å². The summed E-state index contributed by atoms with van der Waals surface area (Å²) >= 11 is 0. The van der Waals surface area contributed by atoms with Crippen LogP contribution in [0.1, 0.15) is 60.3 Å². The van der Waals surface area contributed by atoms with Gasteiger partial charge in [0, 0.05) is 6.04 Å². The number of nitrogens with one attached hydrogen (secondary N) is 1. The zero-order chi connectivity index (χ0) is 13.5. The molecule has 2 aliphatic rings. The molecule has 1 amide bonds. The van der Waals surface area contributed by atoms with E-state index >= 15 is 0 Å². The van der Waals surface area contributed by atoms with Gasteiger partial charge in [-0.3, -0.25) is 10.1 Å². The number of carbonyl (C=O) groups excluding carboxylic acids is 1. The number of hydrogen-bond acceptors (Lipinski definition) is 2. The molecule has 2 fully saturated rings. The standard InChI is InChI=1S/C15H28N2O/c1-6-11(4)9-12(5)17-13(10(2)3)16-15(7-8-15)14(17)18/h10-13,16H,6-9H2,1-5H3. The Kier molecular flexibility index (Phi) is 3.72. The van der Waals surface area contributed by atoms with Crippen molar-refractivity contribution in [3.05, 3.63) is 0 Å². The summed E-state index contributed by atoms with van der Waals surface area (Å²) in [6, 6.07) is 0.354. The molecule has 3 atom stereocenters. The Balaban J connectivity index is 2.10. The first-order valence-corrected chi connectivity index (χ1v) is 7.51. The van der Waals surface area contributed by atoms with Gasteiger partial charge in [-0.15, -0.1) is 0 Å². The molecule has 0 bridgehead atoms. The maximum Gasteiger partial charge on any atom is 0.244 e. The Morgan fingerprint density at radius 2 is 1.94 bits per heavy atom. The average Bonchev–Trinajstić information content (AvgIpc) is 3.01. The third-order valence-electron chi connectivity index (χ3n) is 4.66. The van der Waals surface area contributed by atoms with Crippen LogP contribution in [0.25, 0.3) is 0 Å². The highest BCUT2D eigenvalue weighted by Crippen LogP contribution is 2.44. The topological polar surface area (TPSA) is 32.3 Å². The van der Waals surface area contributed by atoms with Crippen molar-refractivity contribution in [2.45, 2.75) is 78.0 Å². The lowest BCUT2D eigenvalue weighted by molar-refractivity contribution is -0.133. The lowest BCUT2D eigenvalue weighted by atomic mass is 9.98. The highest BCUT2D eigenvalue weighted by Gasteiger charge is 2.60. The number of rotatable bonds is 5. The number of nitrogens with zero attached hydrogens (tertiary/aromatic N) is 1. The normalized spacial score (nSPS) is 29.1. The number of amides is 1. The zero-order valence-electron chi connectivity index (χ0n) is 12.5. The first-order valence-electron chi connectivity index (χ1n) is 7.51. The Morgan fingerprint density at radius 1 is 1.33 bits per heavy atom. The summed E-state index contributed by atoms with van der Waals surface area (Å²) in [5, 5.41) is 3.59. The zero-order valence-corrected chi connectivity index (χ0v) is 12.5. The maximum atomic E-state index is 12.6. The van der Waals surface area contributed by atoms with Crippen molar-refractivity contribution in [1.29, 1.82) is 0 Å². The van der Waals surface area contributed by atoms with E-state index < -0.39 is 0 Å². The molecule has 1 aliphatic carbocycles. The molecule has 1 N–H and O–H groups in total. The van der Waals surface area contributed by atoms with Gasteiger partial charge >= 0.3 is 0 Å². The molecular weight excluding hydrogens is 224 g/mol. The Hall–Kier alpha value is -0.570. The number of carbonyl (C=O) groups is 1. The van der Waals surface area contributed by atoms with Crippen molar-refractivity contribution in [2.24, 2.45) is 11.8 Å². The van der Waals surface area contributed by atoms with E-state index in [2.05, 4.69) is 44.8 Å². The molecule has 0 aromatic rings. The van der Waals surface area contributed by atoms with Crippen LogP contribution in [-0.2, 0) is 4.79 Å². The predicted molar refractivity (Wildman–Crippen MR) is 74.1 cm³/mol. The van der Waals surface area contributed by atoms with Gasteiger partial charge in [-0.05, 0) is 38.0 Å². The molecule has 0 radical (unpaired) electrons. The molecule has 1 saturated heterocycles. The van der Waals surface area contributed by atoms with E-state index in [-0.39, 0.29) is 11.7 Å². The van der Waals surface area contributed by atoms with E-state index in [9.17, 15) is 4.79 Å². The molecule has 0 aromatic heterocycles. The Morgan fingerprint density at radius 3 is 2.39 bits per heavy atom. The highest BCUT2D eigenvalue weighted by atomic mass is 16.2. The van der Waals surface area contributed by atoms with Crippen molar-refractivity contribution in [3.8, 4) is 0 Å². The van der Waals surface area contributed by atoms with E-state index in [0.29, 0.717) is 23.8 Å². The minimum Gasteiger partial charge on any atom is -0.323 e. The lowest BCUT2D eigenvalue weighted by Gasteiger charge is -2.33. The summed E-state index contributed by atoms with van der Waals surface area (Å²) < 4.78 is 0. The van der Waals surface area contributed by atoms with Crippen LogP contribution in [0.3, 0.4) is 0 Å². The van der Waals surface area contributed by atoms with Crippen LogP contribution in [0.2, 0.25) is 0 Å². The Labute approximate surface area is 111 Å². The molecule has 3 unspecified atom stereocenters. The van der Waals surface area contributed by atoms with Crippen LogP contribution < -0.4 is 5.32 Å². The second-order valence-corrected chi connectivity index (χ2v) is 6.73. The molecule has 3 nitrogen and oxygen atoms in total. The molecule has 1 spiro atoms. The van der Waals surface area contributed by atoms with Gasteiger partial charge in [0.2, 0.25) is 5.91 Å². The molecule has 1 saturated carbocycles. The second-order valence-electron chi connectivity index (χ2n) is 6.73. The largest absolute Gasteiger partial charge is 0.323 e. The van der Waals surface area contributed by atoms with Crippen molar-refractivity contribution in [1.82, 2.24) is 10.2 Å². The van der Waals surface area contributed by atoms with E-state index in [1.165, 1.54) is 6.42 Å². The molecule has 104 valence electrons. The molecule has 1 heterocycles. The Bertz CT molecular complexity index is 322. The molecule has 1 aliphatic heterocycles. The minimum atomic E-state index is -0.168. The fourth-order valence-electron chi connectivity index (χ4n) is 3.10. The first kappa shape index (κ1) is 13.9. The monoisotopic (exact) mass is 252 g/mol. The second kappa shape index (κ2) is 4.84. The van der Waals surface area contributed by atoms with Gasteiger partial charge in [0.05, 0.1) is 11.7 Å². The molecule has 3 heteroatoms. The average molecular weight is 252 g/mol. The van der Waals surface area contributed by atoms with Crippen LogP contribution in [0, 0.1) is 11.8 Å². The predicted octanol–water partition coefficient (Wildman–Crippen LogP) is 2.76. The van der Waals surface area contributed by atoms with Crippen LogP contribution in [0.15, 0.2) is 0 Å². The van der Waals surface area contributed by atoms with Gasteiger partial charge in [0.1, 0.15) is 0 Å². The summed E-state index contributed by atoms with van der Waals surface area (Å²) in [5.74, 6) is 1.53. The summed E-state index contributed by atoms with van der Waals surface area (Å²) in [6.45, 7) is 11.1. The minimum absolute atomic E-state index is 0.168. The van der Waals surface area contributed by atoms with Crippen LogP contribution >= 0.6 is 0 Å². The van der Waals surface area contributed by atoms with Crippen molar-refractivity contribution in [3.63, 3.8) is 0 Å². The smallest absolute Gasteiger partial charge is 0.244 e.